The Bertz CT molecular complexity index is 734. The zero-order valence-electron chi connectivity index (χ0n) is 14.6. The number of rotatable bonds is 3. The molecule has 26 heavy (non-hydrogen) atoms. The summed E-state index contributed by atoms with van der Waals surface area (Å²) in [7, 11) is 0. The van der Waals surface area contributed by atoms with Gasteiger partial charge < -0.3 is 15.2 Å². The van der Waals surface area contributed by atoms with Crippen molar-refractivity contribution in [3.05, 3.63) is 28.2 Å². The van der Waals surface area contributed by atoms with Gasteiger partial charge >= 0.3 is 12.1 Å². The maximum atomic E-state index is 13.8. The van der Waals surface area contributed by atoms with Gasteiger partial charge in [-0.25, -0.2) is 14.0 Å². The molecule has 2 rings (SSSR count). The van der Waals surface area contributed by atoms with E-state index in [1.54, 1.807) is 20.8 Å². The molecule has 0 saturated carbocycles. The lowest BCUT2D eigenvalue weighted by molar-refractivity contribution is -0.120. The largest absolute Gasteiger partial charge is 0.478 e. The number of nitrogens with one attached hydrogen (secondary N) is 1. The van der Waals surface area contributed by atoms with E-state index in [0.29, 0.717) is 4.47 Å². The zero-order valence-corrected chi connectivity index (χ0v) is 16.2. The van der Waals surface area contributed by atoms with Crippen LogP contribution in [0.1, 0.15) is 37.6 Å². The molecular formula is C17H20BrFN2O5. The number of carboxylic acid groups (broad SMARTS) is 1. The van der Waals surface area contributed by atoms with Crippen LogP contribution in [0.15, 0.2) is 22.7 Å². The maximum Gasteiger partial charge on any atom is 0.411 e. The minimum absolute atomic E-state index is 0.0199. The molecule has 1 aromatic carbocycles. The van der Waals surface area contributed by atoms with Gasteiger partial charge in [0.15, 0.2) is 0 Å². The van der Waals surface area contributed by atoms with Crippen molar-refractivity contribution in [2.45, 2.75) is 45.0 Å². The number of ether oxygens (including phenoxy) is 1. The molecular weight excluding hydrogens is 411 g/mol. The first-order chi connectivity index (χ1) is 12.0. The molecule has 2 amide bonds. The zero-order chi connectivity index (χ0) is 19.6. The van der Waals surface area contributed by atoms with Gasteiger partial charge in [-0.05, 0) is 39.0 Å². The third-order valence-corrected chi connectivity index (χ3v) is 4.05. The number of amides is 2. The molecule has 0 bridgehead atoms. The van der Waals surface area contributed by atoms with Gasteiger partial charge in [-0.15, -0.1) is 0 Å². The second kappa shape index (κ2) is 7.61. The quantitative estimate of drug-likeness (QED) is 0.765. The topological polar surface area (TPSA) is 95.9 Å². The van der Waals surface area contributed by atoms with Gasteiger partial charge in [0.1, 0.15) is 17.8 Å². The third kappa shape index (κ3) is 5.17. The molecule has 7 nitrogen and oxygen atoms in total. The number of benzene rings is 1. The number of likely N-dealkylation sites (tertiary alicyclic amines) is 1. The van der Waals surface area contributed by atoms with E-state index < -0.39 is 35.8 Å². The van der Waals surface area contributed by atoms with Crippen LogP contribution < -0.4 is 5.32 Å². The Morgan fingerprint density at radius 3 is 2.54 bits per heavy atom. The highest BCUT2D eigenvalue weighted by Crippen LogP contribution is 2.26. The van der Waals surface area contributed by atoms with E-state index >= 15 is 0 Å². The molecule has 0 aliphatic carbocycles. The minimum atomic E-state index is -1.34. The number of hydrogen-bond donors (Lipinski definition) is 2. The summed E-state index contributed by atoms with van der Waals surface area (Å²) in [6.45, 7) is 4.81. The molecule has 0 spiro atoms. The van der Waals surface area contributed by atoms with Crippen molar-refractivity contribution < 1.29 is 28.6 Å². The first kappa shape index (κ1) is 20.2. The Kier molecular flexibility index (Phi) is 5.90. The summed E-state index contributed by atoms with van der Waals surface area (Å²) in [4.78, 5) is 37.0. The Morgan fingerprint density at radius 2 is 1.96 bits per heavy atom. The van der Waals surface area contributed by atoms with E-state index in [2.05, 4.69) is 21.2 Å². The molecule has 1 saturated heterocycles. The lowest BCUT2D eigenvalue weighted by atomic mass is 10.1. The Balaban J connectivity index is 2.17. The number of carboxylic acids is 1. The van der Waals surface area contributed by atoms with Crippen LogP contribution in [0.3, 0.4) is 0 Å². The number of hydrogen-bond acceptors (Lipinski definition) is 4. The molecule has 1 heterocycles. The highest BCUT2D eigenvalue weighted by atomic mass is 79.9. The maximum absolute atomic E-state index is 13.8. The second-order valence-electron chi connectivity index (χ2n) is 7.00. The fourth-order valence-electron chi connectivity index (χ4n) is 2.57. The Labute approximate surface area is 158 Å². The minimum Gasteiger partial charge on any atom is -0.478 e. The van der Waals surface area contributed by atoms with Gasteiger partial charge in [0.05, 0.1) is 12.1 Å². The van der Waals surface area contributed by atoms with Gasteiger partial charge in [0, 0.05) is 16.6 Å². The van der Waals surface area contributed by atoms with E-state index in [-0.39, 0.29) is 24.2 Å². The van der Waals surface area contributed by atoms with Crippen LogP contribution >= 0.6 is 15.9 Å². The standard InChI is InChI=1S/C17H20BrFN2O5/c1-17(2,3)26-16(25)21-8-11(19)7-13(21)14(22)20-12-5-9(15(23)24)4-10(18)6-12/h4-6,11,13H,7-8H2,1-3H3,(H,20,22)(H,23,24)/t11-,13+/m1/s1. The van der Waals surface area contributed by atoms with Crippen molar-refractivity contribution in [1.29, 1.82) is 0 Å². The summed E-state index contributed by atoms with van der Waals surface area (Å²) in [5, 5.41) is 11.6. The molecule has 2 atom stereocenters. The number of nitrogens with zero attached hydrogens (tertiary/aromatic N) is 1. The number of halogens is 2. The van der Waals surface area contributed by atoms with Crippen LogP contribution in [-0.4, -0.2) is 52.3 Å². The molecule has 2 N–H and O–H groups in total. The summed E-state index contributed by atoms with van der Waals surface area (Å²) in [5.41, 5.74) is -0.561. The predicted molar refractivity (Wildman–Crippen MR) is 96.0 cm³/mol. The Morgan fingerprint density at radius 1 is 1.31 bits per heavy atom. The van der Waals surface area contributed by atoms with Crippen molar-refractivity contribution in [3.63, 3.8) is 0 Å². The van der Waals surface area contributed by atoms with Gasteiger partial charge in [0.2, 0.25) is 5.91 Å². The average Bonchev–Trinajstić information content (AvgIpc) is 2.87. The van der Waals surface area contributed by atoms with Crippen molar-refractivity contribution in [2.75, 3.05) is 11.9 Å². The number of alkyl halides is 1. The number of carbonyl (C=O) groups excluding carboxylic acids is 2. The van der Waals surface area contributed by atoms with Crippen molar-refractivity contribution in [1.82, 2.24) is 4.90 Å². The van der Waals surface area contributed by atoms with Gasteiger partial charge in [-0.3, -0.25) is 9.69 Å². The lowest BCUT2D eigenvalue weighted by Crippen LogP contribution is -2.45. The van der Waals surface area contributed by atoms with Crippen molar-refractivity contribution >= 4 is 39.6 Å². The van der Waals surface area contributed by atoms with Gasteiger partial charge in [-0.2, -0.15) is 0 Å². The van der Waals surface area contributed by atoms with Crippen molar-refractivity contribution in [2.24, 2.45) is 0 Å². The Hall–Kier alpha value is -2.16. The van der Waals surface area contributed by atoms with E-state index in [1.165, 1.54) is 18.2 Å². The number of carbonyl (C=O) groups is 3. The summed E-state index contributed by atoms with van der Waals surface area (Å²) in [5.74, 6) is -1.76. The summed E-state index contributed by atoms with van der Waals surface area (Å²) in [6.07, 6.45) is -2.25. The second-order valence-corrected chi connectivity index (χ2v) is 7.92. The number of anilines is 1. The SMILES string of the molecule is CC(C)(C)OC(=O)N1C[C@H](F)C[C@H]1C(=O)Nc1cc(Br)cc(C(=O)O)c1. The molecule has 0 radical (unpaired) electrons. The van der Waals surface area contributed by atoms with E-state index in [4.69, 9.17) is 9.84 Å². The summed E-state index contributed by atoms with van der Waals surface area (Å²) >= 11 is 3.17. The van der Waals surface area contributed by atoms with Crippen LogP contribution in [0.5, 0.6) is 0 Å². The molecule has 1 fully saturated rings. The van der Waals surface area contributed by atoms with Crippen LogP contribution in [0, 0.1) is 0 Å². The molecule has 1 aliphatic heterocycles. The fourth-order valence-corrected chi connectivity index (χ4v) is 3.06. The monoisotopic (exact) mass is 430 g/mol. The first-order valence-electron chi connectivity index (χ1n) is 7.94. The molecule has 0 unspecified atom stereocenters. The molecule has 0 aromatic heterocycles. The molecule has 142 valence electrons. The van der Waals surface area contributed by atoms with E-state index in [9.17, 15) is 18.8 Å². The van der Waals surface area contributed by atoms with E-state index in [1.807, 2.05) is 0 Å². The highest BCUT2D eigenvalue weighted by molar-refractivity contribution is 9.10. The third-order valence-electron chi connectivity index (χ3n) is 3.59. The predicted octanol–water partition coefficient (Wildman–Crippen LogP) is 3.43. The lowest BCUT2D eigenvalue weighted by Gasteiger charge is -2.27. The normalized spacial score (nSPS) is 20.0. The van der Waals surface area contributed by atoms with Crippen LogP contribution in [-0.2, 0) is 9.53 Å². The van der Waals surface area contributed by atoms with Crippen molar-refractivity contribution in [3.8, 4) is 0 Å². The molecule has 9 heteroatoms. The summed E-state index contributed by atoms with van der Waals surface area (Å²) < 4.78 is 19.5. The molecule has 1 aromatic rings. The van der Waals surface area contributed by atoms with Gasteiger partial charge in [0.25, 0.3) is 0 Å². The highest BCUT2D eigenvalue weighted by Gasteiger charge is 2.41. The van der Waals surface area contributed by atoms with Crippen LogP contribution in [0.25, 0.3) is 0 Å². The smallest absolute Gasteiger partial charge is 0.411 e. The average molecular weight is 431 g/mol. The molecule has 1 aliphatic rings. The van der Waals surface area contributed by atoms with E-state index in [0.717, 1.165) is 4.90 Å². The van der Waals surface area contributed by atoms with Crippen LogP contribution in [0.4, 0.5) is 14.9 Å². The first-order valence-corrected chi connectivity index (χ1v) is 8.74. The number of aromatic carboxylic acids is 1. The van der Waals surface area contributed by atoms with Crippen LogP contribution in [0.2, 0.25) is 0 Å². The summed E-state index contributed by atoms with van der Waals surface area (Å²) in [6, 6.07) is 3.15. The fraction of sp³-hybridized carbons (Fsp3) is 0.471. The van der Waals surface area contributed by atoms with Gasteiger partial charge in [-0.1, -0.05) is 15.9 Å².